The molecular weight excluding hydrogens is 178 g/mol. The second kappa shape index (κ2) is 5.01. The van der Waals surface area contributed by atoms with Gasteiger partial charge in [-0.25, -0.2) is 0 Å². The van der Waals surface area contributed by atoms with E-state index in [4.69, 9.17) is 0 Å². The van der Waals surface area contributed by atoms with Crippen LogP contribution in [0, 0.1) is 0 Å². The summed E-state index contributed by atoms with van der Waals surface area (Å²) in [6.45, 7) is 3.78. The van der Waals surface area contributed by atoms with Crippen molar-refractivity contribution in [3.8, 4) is 5.75 Å². The Hall–Kier alpha value is -1.84. The molecule has 0 amide bonds. The summed E-state index contributed by atoms with van der Waals surface area (Å²) in [7, 11) is 1.74. The molecule has 0 heterocycles. The fourth-order valence-corrected chi connectivity index (χ4v) is 0.938. The number of rotatable bonds is 4. The van der Waals surface area contributed by atoms with Gasteiger partial charge in [0.15, 0.2) is 0 Å². The number of para-hydroxylation sites is 1. The monoisotopic (exact) mass is 191 g/mol. The van der Waals surface area contributed by atoms with E-state index >= 15 is 0 Å². The molecular formula is C10H13N3O. The molecule has 0 spiro atoms. The maximum atomic E-state index is 9.41. The Morgan fingerprint density at radius 3 is 2.86 bits per heavy atom. The molecule has 1 N–H and O–H groups in total. The zero-order valence-electron chi connectivity index (χ0n) is 8.09. The Kier molecular flexibility index (Phi) is 3.67. The third-order valence-electron chi connectivity index (χ3n) is 1.73. The molecule has 0 aliphatic heterocycles. The minimum Gasteiger partial charge on any atom is -0.508 e. The van der Waals surface area contributed by atoms with Crippen LogP contribution >= 0.6 is 0 Å². The summed E-state index contributed by atoms with van der Waals surface area (Å²) < 4.78 is 0. The molecule has 0 fully saturated rings. The standard InChI is InChI=1S/C10H13N3O/c1-11-13(2)8-12-7-9-5-3-4-6-10(9)14/h3-6,8,14H,1,7H2,2H3. The number of aliphatic imine (C=N–C) groups is 1. The largest absolute Gasteiger partial charge is 0.508 e. The molecule has 4 nitrogen and oxygen atoms in total. The summed E-state index contributed by atoms with van der Waals surface area (Å²) in [4.78, 5) is 4.08. The number of aromatic hydroxyl groups is 1. The molecule has 1 aromatic rings. The Bertz CT molecular complexity index is 336. The maximum Gasteiger partial charge on any atom is 0.120 e. The van der Waals surface area contributed by atoms with Crippen molar-refractivity contribution < 1.29 is 5.11 Å². The Balaban J connectivity index is 2.57. The van der Waals surface area contributed by atoms with Gasteiger partial charge < -0.3 is 5.11 Å². The van der Waals surface area contributed by atoms with Crippen LogP contribution in [0.2, 0.25) is 0 Å². The summed E-state index contributed by atoms with van der Waals surface area (Å²) in [5.41, 5.74) is 0.793. The van der Waals surface area contributed by atoms with Gasteiger partial charge in [-0.1, -0.05) is 18.2 Å². The van der Waals surface area contributed by atoms with E-state index in [1.165, 1.54) is 5.01 Å². The smallest absolute Gasteiger partial charge is 0.120 e. The summed E-state index contributed by atoms with van der Waals surface area (Å²) in [6.07, 6.45) is 1.56. The topological polar surface area (TPSA) is 48.2 Å². The number of phenolic OH excluding ortho intramolecular Hbond substituents is 1. The lowest BCUT2D eigenvalue weighted by Gasteiger charge is -2.03. The van der Waals surface area contributed by atoms with E-state index in [9.17, 15) is 5.11 Å². The van der Waals surface area contributed by atoms with Crippen LogP contribution in [0.5, 0.6) is 5.75 Å². The van der Waals surface area contributed by atoms with Crippen molar-refractivity contribution in [3.05, 3.63) is 29.8 Å². The van der Waals surface area contributed by atoms with Crippen LogP contribution in [0.15, 0.2) is 34.4 Å². The number of hydrazone groups is 1. The van der Waals surface area contributed by atoms with Crippen molar-refractivity contribution in [1.29, 1.82) is 0 Å². The summed E-state index contributed by atoms with van der Waals surface area (Å²) in [5.74, 6) is 0.263. The zero-order valence-corrected chi connectivity index (χ0v) is 8.09. The maximum absolute atomic E-state index is 9.41. The van der Waals surface area contributed by atoms with Crippen LogP contribution in [-0.2, 0) is 6.54 Å². The van der Waals surface area contributed by atoms with E-state index in [0.29, 0.717) is 6.54 Å². The first-order valence-corrected chi connectivity index (χ1v) is 4.20. The van der Waals surface area contributed by atoms with Gasteiger partial charge in [-0.15, -0.1) is 0 Å². The molecule has 1 aromatic carbocycles. The molecule has 0 aliphatic rings. The Morgan fingerprint density at radius 1 is 1.50 bits per heavy atom. The molecule has 0 saturated heterocycles. The molecule has 0 aliphatic carbocycles. The van der Waals surface area contributed by atoms with Crippen molar-refractivity contribution in [1.82, 2.24) is 5.01 Å². The van der Waals surface area contributed by atoms with Gasteiger partial charge in [0.1, 0.15) is 12.1 Å². The molecule has 14 heavy (non-hydrogen) atoms. The van der Waals surface area contributed by atoms with Crippen LogP contribution in [0.1, 0.15) is 5.56 Å². The number of phenols is 1. The van der Waals surface area contributed by atoms with E-state index in [0.717, 1.165) is 5.56 Å². The van der Waals surface area contributed by atoms with Crippen LogP contribution < -0.4 is 0 Å². The van der Waals surface area contributed by atoms with Crippen LogP contribution in [0.3, 0.4) is 0 Å². The van der Waals surface area contributed by atoms with E-state index in [2.05, 4.69) is 16.8 Å². The van der Waals surface area contributed by atoms with Gasteiger partial charge in [-0.3, -0.25) is 10.0 Å². The van der Waals surface area contributed by atoms with Crippen molar-refractivity contribution in [2.24, 2.45) is 10.1 Å². The van der Waals surface area contributed by atoms with E-state index in [1.807, 2.05) is 12.1 Å². The van der Waals surface area contributed by atoms with Gasteiger partial charge in [-0.2, -0.15) is 5.10 Å². The van der Waals surface area contributed by atoms with Crippen molar-refractivity contribution in [2.75, 3.05) is 7.05 Å². The van der Waals surface area contributed by atoms with Crippen LogP contribution in [0.4, 0.5) is 0 Å². The number of hydrogen-bond acceptors (Lipinski definition) is 3. The van der Waals surface area contributed by atoms with Gasteiger partial charge in [0.2, 0.25) is 0 Å². The highest BCUT2D eigenvalue weighted by molar-refractivity contribution is 5.55. The Labute approximate surface area is 83.2 Å². The lowest BCUT2D eigenvalue weighted by molar-refractivity contribution is 0.468. The molecule has 0 radical (unpaired) electrons. The number of nitrogens with zero attached hydrogens (tertiary/aromatic N) is 3. The predicted octanol–water partition coefficient (Wildman–Crippen LogP) is 1.47. The summed E-state index contributed by atoms with van der Waals surface area (Å²) in [6, 6.07) is 7.11. The van der Waals surface area contributed by atoms with Gasteiger partial charge in [0, 0.05) is 19.3 Å². The van der Waals surface area contributed by atoms with Gasteiger partial charge in [0.25, 0.3) is 0 Å². The van der Waals surface area contributed by atoms with Gasteiger partial charge in [-0.05, 0) is 6.07 Å². The fourth-order valence-electron chi connectivity index (χ4n) is 0.938. The molecule has 1 rings (SSSR count). The molecule has 4 heteroatoms. The molecule has 74 valence electrons. The van der Waals surface area contributed by atoms with Crippen LogP contribution in [-0.4, -0.2) is 30.2 Å². The molecule has 0 bridgehead atoms. The van der Waals surface area contributed by atoms with Crippen molar-refractivity contribution >= 4 is 13.1 Å². The van der Waals surface area contributed by atoms with Crippen molar-refractivity contribution in [2.45, 2.75) is 6.54 Å². The van der Waals surface area contributed by atoms with Crippen LogP contribution in [0.25, 0.3) is 0 Å². The van der Waals surface area contributed by atoms with Crippen molar-refractivity contribution in [3.63, 3.8) is 0 Å². The first-order chi connectivity index (χ1) is 6.74. The van der Waals surface area contributed by atoms with Gasteiger partial charge in [0.05, 0.1) is 6.54 Å². The highest BCUT2D eigenvalue weighted by Crippen LogP contribution is 2.15. The molecule has 0 aromatic heterocycles. The van der Waals surface area contributed by atoms with Gasteiger partial charge >= 0.3 is 0 Å². The molecule has 0 atom stereocenters. The normalized spacial score (nSPS) is 10.4. The molecule has 0 saturated carbocycles. The highest BCUT2D eigenvalue weighted by Gasteiger charge is 1.96. The number of benzene rings is 1. The third-order valence-corrected chi connectivity index (χ3v) is 1.73. The lowest BCUT2D eigenvalue weighted by Crippen LogP contribution is -2.06. The fraction of sp³-hybridized carbons (Fsp3) is 0.200. The number of hydrogen-bond donors (Lipinski definition) is 1. The first kappa shape index (κ1) is 10.2. The minimum atomic E-state index is 0.263. The second-order valence-electron chi connectivity index (χ2n) is 2.80. The Morgan fingerprint density at radius 2 is 2.21 bits per heavy atom. The minimum absolute atomic E-state index is 0.263. The first-order valence-electron chi connectivity index (χ1n) is 4.20. The zero-order chi connectivity index (χ0) is 10.4. The SMILES string of the molecule is C=NN(C)C=NCc1ccccc1O. The predicted molar refractivity (Wildman–Crippen MR) is 57.6 cm³/mol. The summed E-state index contributed by atoms with van der Waals surface area (Å²) >= 11 is 0. The van der Waals surface area contributed by atoms with E-state index in [1.54, 1.807) is 25.5 Å². The van der Waals surface area contributed by atoms with E-state index < -0.39 is 0 Å². The molecule has 0 unspecified atom stereocenters. The lowest BCUT2D eigenvalue weighted by atomic mass is 10.2. The average Bonchev–Trinajstić information content (AvgIpc) is 2.20. The highest BCUT2D eigenvalue weighted by atomic mass is 16.3. The summed E-state index contributed by atoms with van der Waals surface area (Å²) in [5, 5.41) is 14.5. The average molecular weight is 191 g/mol. The van der Waals surface area contributed by atoms with E-state index in [-0.39, 0.29) is 5.75 Å². The second-order valence-corrected chi connectivity index (χ2v) is 2.80. The third kappa shape index (κ3) is 2.90. The quantitative estimate of drug-likeness (QED) is 0.445.